The van der Waals surface area contributed by atoms with Crippen LogP contribution in [0.1, 0.15) is 25.3 Å². The van der Waals surface area contributed by atoms with Crippen LogP contribution in [0.4, 0.5) is 0 Å². The summed E-state index contributed by atoms with van der Waals surface area (Å²) in [5.74, 6) is 0. The number of benzene rings is 1. The lowest BCUT2D eigenvalue weighted by molar-refractivity contribution is 0.0363. The summed E-state index contributed by atoms with van der Waals surface area (Å²) in [6.07, 6.45) is 2.27. The van der Waals surface area contributed by atoms with Gasteiger partial charge in [0.25, 0.3) is 0 Å². The third-order valence-corrected chi connectivity index (χ3v) is 8.82. The molecule has 0 spiro atoms. The topological polar surface area (TPSA) is 29.5 Å². The van der Waals surface area contributed by atoms with E-state index in [1.54, 1.807) is 5.19 Å². The van der Waals surface area contributed by atoms with E-state index in [2.05, 4.69) is 30.8 Å². The average Bonchev–Trinajstić information content (AvgIpc) is 2.34. The van der Waals surface area contributed by atoms with Crippen molar-refractivity contribution in [2.75, 3.05) is 6.61 Å². The van der Waals surface area contributed by atoms with E-state index in [4.69, 9.17) is 9.84 Å². The van der Waals surface area contributed by atoms with Crippen molar-refractivity contribution < 1.29 is 9.84 Å². The third kappa shape index (κ3) is 3.22. The fraction of sp³-hybridized carbons (Fsp3) is 0.600. The molecule has 1 fully saturated rings. The average molecular weight is 264 g/mol. The molecule has 2 nitrogen and oxygen atoms in total. The Bertz CT molecular complexity index is 371. The minimum absolute atomic E-state index is 0.133. The van der Waals surface area contributed by atoms with Gasteiger partial charge in [-0.05, 0) is 18.9 Å². The molecule has 0 radical (unpaired) electrons. The van der Waals surface area contributed by atoms with Crippen LogP contribution in [0.2, 0.25) is 18.6 Å². The summed E-state index contributed by atoms with van der Waals surface area (Å²) < 4.78 is 5.69. The summed E-state index contributed by atoms with van der Waals surface area (Å²) in [5.41, 5.74) is 1.24. The van der Waals surface area contributed by atoms with E-state index in [0.717, 1.165) is 0 Å². The normalized spacial score (nSPS) is 19.3. The van der Waals surface area contributed by atoms with Gasteiger partial charge in [0.05, 0.1) is 20.8 Å². The van der Waals surface area contributed by atoms with Gasteiger partial charge in [0, 0.05) is 6.61 Å². The third-order valence-electron chi connectivity index (χ3n) is 4.18. The lowest BCUT2D eigenvalue weighted by Gasteiger charge is -2.36. The maximum absolute atomic E-state index is 8.82. The first kappa shape index (κ1) is 13.8. The van der Waals surface area contributed by atoms with Gasteiger partial charge in [-0.1, -0.05) is 54.5 Å². The van der Waals surface area contributed by atoms with Crippen LogP contribution in [-0.4, -0.2) is 25.9 Å². The highest BCUT2D eigenvalue weighted by Gasteiger charge is 2.35. The molecule has 1 unspecified atom stereocenters. The van der Waals surface area contributed by atoms with Gasteiger partial charge >= 0.3 is 0 Å². The number of hydrogen-bond donors (Lipinski definition) is 1. The van der Waals surface area contributed by atoms with Crippen LogP contribution < -0.4 is 5.19 Å². The number of ether oxygens (including phenoxy) is 1. The molecule has 0 aromatic heterocycles. The molecule has 0 amide bonds. The predicted octanol–water partition coefficient (Wildman–Crippen LogP) is 2.66. The number of aliphatic hydroxyl groups excluding tert-OH is 1. The molecule has 18 heavy (non-hydrogen) atoms. The molecule has 0 bridgehead atoms. The van der Waals surface area contributed by atoms with Crippen LogP contribution in [0, 0.1) is 0 Å². The van der Waals surface area contributed by atoms with Crippen LogP contribution in [0.5, 0.6) is 0 Å². The number of hydrogen-bond acceptors (Lipinski definition) is 2. The van der Waals surface area contributed by atoms with Crippen molar-refractivity contribution in [2.45, 2.75) is 51.1 Å². The largest absolute Gasteiger partial charge is 0.396 e. The van der Waals surface area contributed by atoms with Crippen LogP contribution in [0.15, 0.2) is 24.3 Å². The highest BCUT2D eigenvalue weighted by atomic mass is 28.3. The molecule has 0 aliphatic carbocycles. The van der Waals surface area contributed by atoms with Gasteiger partial charge in [0.1, 0.15) is 0 Å². The number of rotatable bonds is 6. The van der Waals surface area contributed by atoms with Gasteiger partial charge in [0.15, 0.2) is 0 Å². The Morgan fingerprint density at radius 3 is 2.44 bits per heavy atom. The molecule has 1 atom stereocenters. The molecule has 1 aliphatic heterocycles. The van der Waals surface area contributed by atoms with Crippen molar-refractivity contribution in [3.05, 3.63) is 29.8 Å². The van der Waals surface area contributed by atoms with Crippen LogP contribution in [0.25, 0.3) is 0 Å². The summed E-state index contributed by atoms with van der Waals surface area (Å²) in [6, 6.07) is 11.9. The van der Waals surface area contributed by atoms with E-state index in [9.17, 15) is 0 Å². The summed E-state index contributed by atoms with van der Waals surface area (Å²) in [4.78, 5) is 0. The van der Waals surface area contributed by atoms with E-state index in [1.807, 2.05) is 6.92 Å². The lowest BCUT2D eigenvalue weighted by Crippen LogP contribution is -2.50. The van der Waals surface area contributed by atoms with Crippen LogP contribution >= 0.6 is 0 Å². The van der Waals surface area contributed by atoms with Gasteiger partial charge in [0.2, 0.25) is 0 Å². The standard InChI is InChI=1S/C15H24O2Si/c1-13(8-9-16)17-12-14-4-6-15(7-5-14)18(2)10-3-11-18/h4-7,13,16H,3,8-12H2,1-2H3. The SMILES string of the molecule is CC(CCO)OCc1ccc([Si]2(C)CCC2)cc1. The molecule has 3 heteroatoms. The maximum Gasteiger partial charge on any atom is 0.0836 e. The molecule has 1 aromatic rings. The summed E-state index contributed by atoms with van der Waals surface area (Å²) in [6.45, 7) is 5.35. The minimum atomic E-state index is -1.03. The Labute approximate surface area is 111 Å². The molecule has 100 valence electrons. The Hall–Kier alpha value is -0.643. The zero-order valence-electron chi connectivity index (χ0n) is 11.5. The second-order valence-electron chi connectivity index (χ2n) is 5.75. The number of aliphatic hydroxyl groups is 1. The zero-order chi connectivity index (χ0) is 13.0. The highest BCUT2D eigenvalue weighted by molar-refractivity contribution is 6.92. The fourth-order valence-corrected chi connectivity index (χ4v) is 5.47. The summed E-state index contributed by atoms with van der Waals surface area (Å²) >= 11 is 0. The molecule has 2 rings (SSSR count). The van der Waals surface area contributed by atoms with Gasteiger partial charge in [-0.3, -0.25) is 0 Å². The smallest absolute Gasteiger partial charge is 0.0836 e. The quantitative estimate of drug-likeness (QED) is 0.801. The first-order valence-electron chi connectivity index (χ1n) is 6.96. The van der Waals surface area contributed by atoms with Gasteiger partial charge in [-0.25, -0.2) is 0 Å². The molecule has 1 heterocycles. The molecular formula is C15H24O2Si. The van der Waals surface area contributed by atoms with Crippen molar-refractivity contribution >= 4 is 13.3 Å². The second-order valence-corrected chi connectivity index (χ2v) is 10.4. The van der Waals surface area contributed by atoms with Crippen molar-refractivity contribution in [3.63, 3.8) is 0 Å². The Kier molecular flexibility index (Phi) is 4.59. The minimum Gasteiger partial charge on any atom is -0.396 e. The Balaban J connectivity index is 1.88. The van der Waals surface area contributed by atoms with Crippen molar-refractivity contribution in [3.8, 4) is 0 Å². The highest BCUT2D eigenvalue weighted by Crippen LogP contribution is 2.31. The van der Waals surface area contributed by atoms with E-state index >= 15 is 0 Å². The van der Waals surface area contributed by atoms with Crippen molar-refractivity contribution in [1.29, 1.82) is 0 Å². The van der Waals surface area contributed by atoms with E-state index in [1.165, 1.54) is 24.1 Å². The molecule has 1 N–H and O–H groups in total. The molecule has 1 saturated heterocycles. The predicted molar refractivity (Wildman–Crippen MR) is 77.9 cm³/mol. The molecular weight excluding hydrogens is 240 g/mol. The fourth-order valence-electron chi connectivity index (χ4n) is 2.50. The first-order chi connectivity index (χ1) is 8.64. The van der Waals surface area contributed by atoms with Gasteiger partial charge in [-0.15, -0.1) is 0 Å². The zero-order valence-corrected chi connectivity index (χ0v) is 12.5. The van der Waals surface area contributed by atoms with Gasteiger partial charge in [-0.2, -0.15) is 0 Å². The van der Waals surface area contributed by atoms with E-state index in [-0.39, 0.29) is 12.7 Å². The molecule has 0 saturated carbocycles. The van der Waals surface area contributed by atoms with Crippen LogP contribution in [0.3, 0.4) is 0 Å². The van der Waals surface area contributed by atoms with Crippen LogP contribution in [-0.2, 0) is 11.3 Å². The second kappa shape index (κ2) is 6.00. The van der Waals surface area contributed by atoms with Crippen molar-refractivity contribution in [2.24, 2.45) is 0 Å². The molecule has 1 aromatic carbocycles. The summed E-state index contributed by atoms with van der Waals surface area (Å²) in [5, 5.41) is 10.4. The molecule has 1 aliphatic rings. The van der Waals surface area contributed by atoms with Gasteiger partial charge < -0.3 is 9.84 Å². The Morgan fingerprint density at radius 2 is 1.94 bits per heavy atom. The lowest BCUT2D eigenvalue weighted by atomic mass is 10.2. The Morgan fingerprint density at radius 1 is 1.28 bits per heavy atom. The van der Waals surface area contributed by atoms with Crippen molar-refractivity contribution in [1.82, 2.24) is 0 Å². The van der Waals surface area contributed by atoms with E-state index in [0.29, 0.717) is 13.0 Å². The summed E-state index contributed by atoms with van der Waals surface area (Å²) in [7, 11) is -1.03. The van der Waals surface area contributed by atoms with E-state index < -0.39 is 8.07 Å². The maximum atomic E-state index is 8.82. The first-order valence-corrected chi connectivity index (χ1v) is 9.87. The monoisotopic (exact) mass is 264 g/mol.